The Hall–Kier alpha value is -1.66. The summed E-state index contributed by atoms with van der Waals surface area (Å²) in [7, 11) is 1.56. The molecule has 0 radical (unpaired) electrons. The lowest BCUT2D eigenvalue weighted by molar-refractivity contribution is -0.400. The van der Waals surface area contributed by atoms with Crippen molar-refractivity contribution in [1.82, 2.24) is 4.98 Å². The van der Waals surface area contributed by atoms with Crippen LogP contribution in [0.2, 0.25) is 5.15 Å². The molecule has 0 unspecified atom stereocenters. The standard InChI is InChI=1S/C12H8BrClN2O3/c1-19-9-3-2-7-6-8(4-5-16(17)18)12(14)15-11(7)10(9)13/h2-6H,1H3/b5-4+. The van der Waals surface area contributed by atoms with E-state index in [2.05, 4.69) is 20.9 Å². The SMILES string of the molecule is COc1ccc2cc(/C=C/[N+](=O)[O-])c(Cl)nc2c1Br. The van der Waals surface area contributed by atoms with Crippen molar-refractivity contribution < 1.29 is 9.66 Å². The lowest BCUT2D eigenvalue weighted by Gasteiger charge is -2.07. The van der Waals surface area contributed by atoms with E-state index in [1.54, 1.807) is 19.2 Å². The molecule has 0 aliphatic carbocycles. The average molecular weight is 344 g/mol. The topological polar surface area (TPSA) is 65.3 Å². The van der Waals surface area contributed by atoms with Crippen molar-refractivity contribution in [3.8, 4) is 5.75 Å². The minimum atomic E-state index is -0.551. The highest BCUT2D eigenvalue weighted by Gasteiger charge is 2.10. The molecule has 0 spiro atoms. The summed E-state index contributed by atoms with van der Waals surface area (Å²) < 4.78 is 5.86. The Morgan fingerprint density at radius 3 is 2.89 bits per heavy atom. The van der Waals surface area contributed by atoms with E-state index in [0.29, 0.717) is 21.3 Å². The van der Waals surface area contributed by atoms with E-state index in [1.807, 2.05) is 6.07 Å². The smallest absolute Gasteiger partial charge is 0.235 e. The van der Waals surface area contributed by atoms with Gasteiger partial charge >= 0.3 is 0 Å². The Kier molecular flexibility index (Phi) is 4.01. The third-order valence-electron chi connectivity index (χ3n) is 2.47. The quantitative estimate of drug-likeness (QED) is 0.481. The van der Waals surface area contributed by atoms with E-state index < -0.39 is 4.92 Å². The molecule has 0 atom stereocenters. The van der Waals surface area contributed by atoms with Gasteiger partial charge in [0, 0.05) is 17.0 Å². The van der Waals surface area contributed by atoms with Gasteiger partial charge in [-0.05, 0) is 34.1 Å². The Morgan fingerprint density at radius 1 is 1.53 bits per heavy atom. The highest BCUT2D eigenvalue weighted by molar-refractivity contribution is 9.10. The van der Waals surface area contributed by atoms with Gasteiger partial charge in [-0.15, -0.1) is 0 Å². The molecule has 1 aromatic heterocycles. The Bertz CT molecular complexity index is 688. The first-order chi connectivity index (χ1) is 9.02. The first kappa shape index (κ1) is 13.8. The van der Waals surface area contributed by atoms with Crippen molar-refractivity contribution in [3.63, 3.8) is 0 Å². The molecular weight excluding hydrogens is 335 g/mol. The Morgan fingerprint density at radius 2 is 2.26 bits per heavy atom. The molecule has 0 N–H and O–H groups in total. The first-order valence-electron chi connectivity index (χ1n) is 5.17. The van der Waals surface area contributed by atoms with E-state index in [9.17, 15) is 10.1 Å². The third-order valence-corrected chi connectivity index (χ3v) is 3.54. The van der Waals surface area contributed by atoms with E-state index in [-0.39, 0.29) is 5.15 Å². The van der Waals surface area contributed by atoms with Gasteiger partial charge in [0.25, 0.3) is 0 Å². The molecule has 0 bridgehead atoms. The van der Waals surface area contributed by atoms with Crippen LogP contribution >= 0.6 is 27.5 Å². The highest BCUT2D eigenvalue weighted by atomic mass is 79.9. The number of ether oxygens (including phenoxy) is 1. The lowest BCUT2D eigenvalue weighted by Crippen LogP contribution is -1.90. The zero-order valence-corrected chi connectivity index (χ0v) is 12.1. The zero-order valence-electron chi connectivity index (χ0n) is 9.76. The molecular formula is C12H8BrClN2O3. The summed E-state index contributed by atoms with van der Waals surface area (Å²) in [5, 5.41) is 11.3. The molecule has 0 fully saturated rings. The van der Waals surface area contributed by atoms with E-state index in [1.165, 1.54) is 6.08 Å². The summed E-state index contributed by atoms with van der Waals surface area (Å²) in [5.41, 5.74) is 1.13. The van der Waals surface area contributed by atoms with Gasteiger partial charge in [-0.3, -0.25) is 10.1 Å². The van der Waals surface area contributed by atoms with Gasteiger partial charge in [-0.1, -0.05) is 11.6 Å². The summed E-state index contributed by atoms with van der Waals surface area (Å²) in [6.45, 7) is 0. The maximum Gasteiger partial charge on any atom is 0.235 e. The zero-order chi connectivity index (χ0) is 14.0. The summed E-state index contributed by atoms with van der Waals surface area (Å²) in [4.78, 5) is 14.0. The third kappa shape index (κ3) is 2.85. The fraction of sp³-hybridized carbons (Fsp3) is 0.0833. The maximum atomic E-state index is 10.3. The van der Waals surface area contributed by atoms with Gasteiger partial charge in [0.15, 0.2) is 0 Å². The number of hydrogen-bond donors (Lipinski definition) is 0. The maximum absolute atomic E-state index is 10.3. The number of fused-ring (bicyclic) bond motifs is 1. The number of hydrogen-bond acceptors (Lipinski definition) is 4. The van der Waals surface area contributed by atoms with Crippen LogP contribution in [0.4, 0.5) is 0 Å². The average Bonchev–Trinajstić information content (AvgIpc) is 2.37. The van der Waals surface area contributed by atoms with Crippen molar-refractivity contribution >= 4 is 44.5 Å². The predicted molar refractivity (Wildman–Crippen MR) is 77.0 cm³/mol. The second kappa shape index (κ2) is 5.54. The lowest BCUT2D eigenvalue weighted by atomic mass is 10.1. The minimum absolute atomic E-state index is 0.194. The van der Waals surface area contributed by atoms with Gasteiger partial charge in [0.2, 0.25) is 6.20 Å². The van der Waals surface area contributed by atoms with Crippen molar-refractivity contribution in [3.05, 3.63) is 49.7 Å². The van der Waals surface area contributed by atoms with Crippen molar-refractivity contribution in [2.45, 2.75) is 0 Å². The molecule has 7 heteroatoms. The summed E-state index contributed by atoms with van der Waals surface area (Å²) in [5.74, 6) is 0.643. The second-order valence-electron chi connectivity index (χ2n) is 3.62. The number of aromatic nitrogens is 1. The fourth-order valence-electron chi connectivity index (χ4n) is 1.60. The van der Waals surface area contributed by atoms with Crippen LogP contribution in [-0.4, -0.2) is 17.0 Å². The van der Waals surface area contributed by atoms with E-state index >= 15 is 0 Å². The second-order valence-corrected chi connectivity index (χ2v) is 4.77. The number of methoxy groups -OCH3 is 1. The van der Waals surface area contributed by atoms with Gasteiger partial charge < -0.3 is 4.74 Å². The van der Waals surface area contributed by atoms with Crippen molar-refractivity contribution in [2.24, 2.45) is 0 Å². The van der Waals surface area contributed by atoms with Crippen molar-refractivity contribution in [1.29, 1.82) is 0 Å². The van der Waals surface area contributed by atoms with Crippen molar-refractivity contribution in [2.75, 3.05) is 7.11 Å². The summed E-state index contributed by atoms with van der Waals surface area (Å²) in [6, 6.07) is 5.32. The first-order valence-corrected chi connectivity index (χ1v) is 6.34. The Labute approximate surface area is 122 Å². The molecule has 19 heavy (non-hydrogen) atoms. The van der Waals surface area contributed by atoms with Crippen LogP contribution in [0, 0.1) is 10.1 Å². The molecule has 98 valence electrons. The molecule has 0 saturated carbocycles. The number of nitrogens with zero attached hydrogens (tertiary/aromatic N) is 2. The molecule has 2 aromatic rings. The van der Waals surface area contributed by atoms with Gasteiger partial charge in [-0.25, -0.2) is 4.98 Å². The van der Waals surface area contributed by atoms with E-state index in [0.717, 1.165) is 11.6 Å². The van der Waals surface area contributed by atoms with Crippen LogP contribution in [0.3, 0.4) is 0 Å². The number of nitro groups is 1. The molecule has 0 saturated heterocycles. The number of halogens is 2. The molecule has 1 heterocycles. The number of benzene rings is 1. The monoisotopic (exact) mass is 342 g/mol. The van der Waals surface area contributed by atoms with Crippen LogP contribution in [0.1, 0.15) is 5.56 Å². The minimum Gasteiger partial charge on any atom is -0.495 e. The summed E-state index contributed by atoms with van der Waals surface area (Å²) in [6.07, 6.45) is 2.14. The van der Waals surface area contributed by atoms with Crippen LogP contribution in [0.15, 0.2) is 28.9 Å². The van der Waals surface area contributed by atoms with Crippen LogP contribution in [-0.2, 0) is 0 Å². The molecule has 0 aliphatic rings. The predicted octanol–water partition coefficient (Wildman–Crippen LogP) is 3.91. The van der Waals surface area contributed by atoms with Crippen LogP contribution in [0.25, 0.3) is 17.0 Å². The van der Waals surface area contributed by atoms with Gasteiger partial charge in [0.05, 0.1) is 22.0 Å². The number of pyridine rings is 1. The molecule has 1 aromatic carbocycles. The highest BCUT2D eigenvalue weighted by Crippen LogP contribution is 2.33. The molecule has 0 amide bonds. The normalized spacial score (nSPS) is 11.1. The van der Waals surface area contributed by atoms with E-state index in [4.69, 9.17) is 16.3 Å². The summed E-state index contributed by atoms with van der Waals surface area (Å²) >= 11 is 9.40. The molecule has 0 aliphatic heterocycles. The largest absolute Gasteiger partial charge is 0.495 e. The molecule has 5 nitrogen and oxygen atoms in total. The Balaban J connectivity index is 2.61. The van der Waals surface area contributed by atoms with Crippen LogP contribution < -0.4 is 4.74 Å². The van der Waals surface area contributed by atoms with Crippen LogP contribution in [0.5, 0.6) is 5.75 Å². The fourth-order valence-corrected chi connectivity index (χ4v) is 2.41. The molecule has 2 rings (SSSR count). The van der Waals surface area contributed by atoms with Gasteiger partial charge in [-0.2, -0.15) is 0 Å². The van der Waals surface area contributed by atoms with Gasteiger partial charge in [0.1, 0.15) is 10.9 Å². The number of rotatable bonds is 3.